The first kappa shape index (κ1) is 21.1. The maximum absolute atomic E-state index is 11.5. The quantitative estimate of drug-likeness (QED) is 0.374. The third-order valence-corrected chi connectivity index (χ3v) is 8.71. The van der Waals surface area contributed by atoms with E-state index in [4.69, 9.17) is 11.6 Å². The summed E-state index contributed by atoms with van der Waals surface area (Å²) in [5, 5.41) is 10.9. The van der Waals surface area contributed by atoms with Crippen LogP contribution in [0.2, 0.25) is 5.02 Å². The Morgan fingerprint density at radius 3 is 2.79 bits per heavy atom. The number of hydrogen-bond donors (Lipinski definition) is 1. The summed E-state index contributed by atoms with van der Waals surface area (Å²) in [5.41, 5.74) is 1.30. The van der Waals surface area contributed by atoms with Crippen LogP contribution in [0.3, 0.4) is 0 Å². The van der Waals surface area contributed by atoms with Crippen molar-refractivity contribution in [1.29, 1.82) is 0 Å². The minimum Gasteiger partial charge on any atom is -0.747 e. The Morgan fingerprint density at radius 1 is 1.34 bits per heavy atom. The predicted molar refractivity (Wildman–Crippen MR) is 118 cm³/mol. The molecule has 0 saturated heterocycles. The molecular formula is C16H10BrClN2O5S4. The molecule has 0 spiro atoms. The van der Waals surface area contributed by atoms with Crippen molar-refractivity contribution < 1.29 is 27.4 Å². The first-order chi connectivity index (χ1) is 13.6. The Bertz CT molecular complexity index is 1280. The maximum atomic E-state index is 11.5. The Labute approximate surface area is 191 Å². The van der Waals surface area contributed by atoms with Crippen molar-refractivity contribution in [2.45, 2.75) is 11.4 Å². The molecule has 2 aromatic heterocycles. The fourth-order valence-electron chi connectivity index (χ4n) is 2.85. The number of thioether (sulfide) groups is 1. The third kappa shape index (κ3) is 4.48. The summed E-state index contributed by atoms with van der Waals surface area (Å²) in [7, 11) is -4.56. The lowest BCUT2D eigenvalue weighted by Crippen LogP contribution is -2.39. The van der Waals surface area contributed by atoms with Gasteiger partial charge >= 0.3 is 5.97 Å². The molecule has 3 aromatic rings. The van der Waals surface area contributed by atoms with Crippen molar-refractivity contribution in [2.24, 2.45) is 0 Å². The lowest BCUT2D eigenvalue weighted by atomic mass is 10.3. The average molecular weight is 554 g/mol. The number of thiophene rings is 1. The van der Waals surface area contributed by atoms with Gasteiger partial charge in [0.05, 0.1) is 20.6 Å². The molecule has 1 aliphatic heterocycles. The van der Waals surface area contributed by atoms with Gasteiger partial charge in [-0.15, -0.1) is 11.3 Å². The molecule has 1 aromatic carbocycles. The normalized spacial score (nSPS) is 15.4. The van der Waals surface area contributed by atoms with Crippen LogP contribution >= 0.6 is 62.0 Å². The standard InChI is InChI=1S/C16H10BrClN2O5S4/c17-12-4-10-16(27-12)28-13(19(10)6-15(21)22)5-14-20(7-29(23,24)25)9-3-8(18)1-2-11(9)26-14/h1-5H,6-7H2,(H-,21,22,23,24,25). The minimum absolute atomic E-state index is 0.244. The monoisotopic (exact) mass is 552 g/mol. The van der Waals surface area contributed by atoms with Crippen molar-refractivity contribution in [3.63, 3.8) is 0 Å². The van der Waals surface area contributed by atoms with Gasteiger partial charge in [-0.25, -0.2) is 13.2 Å². The number of benzene rings is 1. The number of halogens is 2. The molecule has 1 N–H and O–H groups in total. The Morgan fingerprint density at radius 2 is 2.10 bits per heavy atom. The highest BCUT2D eigenvalue weighted by Gasteiger charge is 2.30. The van der Waals surface area contributed by atoms with E-state index in [1.165, 1.54) is 39.3 Å². The summed E-state index contributed by atoms with van der Waals surface area (Å²) >= 11 is 13.6. The van der Waals surface area contributed by atoms with Crippen molar-refractivity contribution >= 4 is 99.3 Å². The molecule has 3 heterocycles. The van der Waals surface area contributed by atoms with Gasteiger partial charge in [-0.3, -0.25) is 0 Å². The fraction of sp³-hybridized carbons (Fsp3) is 0.125. The van der Waals surface area contributed by atoms with Crippen LogP contribution in [0.25, 0.3) is 15.6 Å². The number of aromatic nitrogens is 1. The van der Waals surface area contributed by atoms with Gasteiger partial charge in [-0.2, -0.15) is 4.57 Å². The van der Waals surface area contributed by atoms with Gasteiger partial charge in [-0.1, -0.05) is 34.7 Å². The van der Waals surface area contributed by atoms with E-state index in [1.807, 2.05) is 6.07 Å². The number of carboxylic acids is 1. The maximum Gasteiger partial charge on any atom is 0.370 e. The van der Waals surface area contributed by atoms with Crippen LogP contribution in [-0.2, 0) is 21.5 Å². The number of carbonyl (C=O) groups is 1. The highest BCUT2D eigenvalue weighted by atomic mass is 79.9. The van der Waals surface area contributed by atoms with Crippen LogP contribution in [0.4, 0.5) is 5.69 Å². The first-order valence-corrected chi connectivity index (χ1v) is 13.0. The first-order valence-electron chi connectivity index (χ1n) is 7.84. The van der Waals surface area contributed by atoms with Gasteiger partial charge in [0, 0.05) is 16.0 Å². The summed E-state index contributed by atoms with van der Waals surface area (Å²) in [6.45, 7) is -0.244. The van der Waals surface area contributed by atoms with Crippen LogP contribution in [0, 0.1) is 0 Å². The number of carboxylic acid groups (broad SMARTS) is 1. The van der Waals surface area contributed by atoms with Crippen LogP contribution in [-0.4, -0.2) is 29.9 Å². The zero-order valence-corrected chi connectivity index (χ0v) is 19.8. The number of aliphatic carboxylic acids is 1. The van der Waals surface area contributed by atoms with E-state index in [1.54, 1.807) is 28.8 Å². The molecule has 0 radical (unpaired) electrons. The van der Waals surface area contributed by atoms with Crippen LogP contribution in [0.5, 0.6) is 0 Å². The summed E-state index contributed by atoms with van der Waals surface area (Å²) in [5.74, 6) is -1.74. The van der Waals surface area contributed by atoms with Gasteiger partial charge in [0.1, 0.15) is 16.0 Å². The molecule has 0 unspecified atom stereocenters. The molecule has 0 saturated carbocycles. The molecule has 4 rings (SSSR count). The Hall–Kier alpha value is -1.15. The number of rotatable bonds is 5. The van der Waals surface area contributed by atoms with Crippen molar-refractivity contribution in [1.82, 2.24) is 0 Å². The van der Waals surface area contributed by atoms with E-state index >= 15 is 0 Å². The van der Waals surface area contributed by atoms with Gasteiger partial charge in [0.25, 0.3) is 5.01 Å². The number of fused-ring (bicyclic) bond motifs is 2. The molecular weight excluding hydrogens is 544 g/mol. The number of anilines is 1. The van der Waals surface area contributed by atoms with Crippen LogP contribution < -0.4 is 9.47 Å². The Balaban J connectivity index is 1.84. The van der Waals surface area contributed by atoms with E-state index in [0.717, 1.165) is 18.2 Å². The molecule has 29 heavy (non-hydrogen) atoms. The highest BCUT2D eigenvalue weighted by molar-refractivity contribution is 9.11. The fourth-order valence-corrected chi connectivity index (χ4v) is 8.09. The van der Waals surface area contributed by atoms with E-state index in [0.29, 0.717) is 20.7 Å². The Kier molecular flexibility index (Phi) is 5.70. The molecule has 0 aliphatic carbocycles. The molecule has 0 bridgehead atoms. The topological polar surface area (TPSA) is 102 Å². The van der Waals surface area contributed by atoms with Crippen molar-refractivity contribution in [3.05, 3.63) is 43.1 Å². The number of nitrogens with zero attached hydrogens (tertiary/aromatic N) is 2. The highest BCUT2D eigenvalue weighted by Crippen LogP contribution is 2.48. The largest absolute Gasteiger partial charge is 0.747 e. The van der Waals surface area contributed by atoms with Crippen molar-refractivity contribution in [2.75, 3.05) is 10.8 Å². The van der Waals surface area contributed by atoms with Gasteiger partial charge in [0.15, 0.2) is 4.01 Å². The van der Waals surface area contributed by atoms with E-state index in [9.17, 15) is 22.9 Å². The lowest BCUT2D eigenvalue weighted by molar-refractivity contribution is -0.657. The molecule has 0 atom stereocenters. The molecule has 0 fully saturated rings. The van der Waals surface area contributed by atoms with Gasteiger partial charge in [-0.05, 0) is 34.1 Å². The summed E-state index contributed by atoms with van der Waals surface area (Å²) in [6.07, 6.45) is 1.71. The second-order valence-corrected chi connectivity index (χ2v) is 12.5. The summed E-state index contributed by atoms with van der Waals surface area (Å²) < 4.78 is 37.9. The second kappa shape index (κ2) is 7.84. The SMILES string of the molecule is O=C(O)C[n+]1c(C=C2Sc3ccc(Cl)cc3N2CS(=O)(=O)[O-])sc2sc(Br)cc21. The summed E-state index contributed by atoms with van der Waals surface area (Å²) in [4.78, 5) is 13.5. The molecule has 13 heteroatoms. The molecule has 152 valence electrons. The number of thiazole rings is 1. The summed E-state index contributed by atoms with van der Waals surface area (Å²) in [6, 6.07) is 6.88. The van der Waals surface area contributed by atoms with Gasteiger partial charge < -0.3 is 14.6 Å². The second-order valence-electron chi connectivity index (χ2n) is 5.95. The van der Waals surface area contributed by atoms with Crippen LogP contribution in [0.1, 0.15) is 5.01 Å². The zero-order valence-electron chi connectivity index (χ0n) is 14.2. The molecule has 0 amide bonds. The predicted octanol–water partition coefficient (Wildman–Crippen LogP) is 4.16. The zero-order chi connectivity index (χ0) is 20.9. The van der Waals surface area contributed by atoms with Gasteiger partial charge in [0.2, 0.25) is 12.1 Å². The lowest BCUT2D eigenvalue weighted by Gasteiger charge is -2.21. The van der Waals surface area contributed by atoms with Crippen LogP contribution in [0.15, 0.2) is 38.0 Å². The molecule has 7 nitrogen and oxygen atoms in total. The smallest absolute Gasteiger partial charge is 0.370 e. The third-order valence-electron chi connectivity index (χ3n) is 3.92. The van der Waals surface area contributed by atoms with E-state index in [2.05, 4.69) is 15.9 Å². The minimum atomic E-state index is -4.56. The average Bonchev–Trinajstić information content (AvgIpc) is 3.20. The van der Waals surface area contributed by atoms with Crippen molar-refractivity contribution in [3.8, 4) is 0 Å². The number of hydrogen-bond acceptors (Lipinski definition) is 8. The van der Waals surface area contributed by atoms with E-state index in [-0.39, 0.29) is 6.54 Å². The molecule has 1 aliphatic rings. The van der Waals surface area contributed by atoms with E-state index < -0.39 is 22.0 Å².